The molecule has 1 saturated heterocycles. The molecule has 5 nitrogen and oxygen atoms in total. The van der Waals surface area contributed by atoms with Gasteiger partial charge in [0.05, 0.1) is 5.37 Å². The lowest BCUT2D eigenvalue weighted by atomic mass is 10.0. The van der Waals surface area contributed by atoms with E-state index in [-0.39, 0.29) is 16.8 Å². The van der Waals surface area contributed by atoms with Crippen molar-refractivity contribution < 1.29 is 14.7 Å². The quantitative estimate of drug-likeness (QED) is 0.816. The maximum Gasteiger partial charge on any atom is 0.327 e. The summed E-state index contributed by atoms with van der Waals surface area (Å²) in [5.41, 5.74) is 0.288. The maximum atomic E-state index is 12.4. The average Bonchev–Trinajstić information content (AvgIpc) is 3.35. The summed E-state index contributed by atoms with van der Waals surface area (Å²) in [5.74, 6) is 0.131. The Labute approximate surface area is 123 Å². The van der Waals surface area contributed by atoms with Gasteiger partial charge < -0.3 is 10.4 Å². The van der Waals surface area contributed by atoms with Crippen LogP contribution >= 0.6 is 11.8 Å². The van der Waals surface area contributed by atoms with Gasteiger partial charge >= 0.3 is 12.0 Å². The number of carbonyl (C=O) groups excluding carboxylic acids is 1. The summed E-state index contributed by atoms with van der Waals surface area (Å²) >= 11 is 1.62. The van der Waals surface area contributed by atoms with Crippen LogP contribution in [0.1, 0.15) is 39.0 Å². The van der Waals surface area contributed by atoms with E-state index in [1.54, 1.807) is 16.7 Å². The summed E-state index contributed by atoms with van der Waals surface area (Å²) < 4.78 is 0. The van der Waals surface area contributed by atoms with Gasteiger partial charge in [-0.05, 0) is 43.4 Å². The van der Waals surface area contributed by atoms with E-state index in [0.29, 0.717) is 18.2 Å². The highest BCUT2D eigenvalue weighted by molar-refractivity contribution is 8.00. The molecule has 0 aromatic heterocycles. The van der Waals surface area contributed by atoms with Crippen LogP contribution in [-0.2, 0) is 4.79 Å². The van der Waals surface area contributed by atoms with Gasteiger partial charge in [0.1, 0.15) is 6.04 Å². The highest BCUT2D eigenvalue weighted by atomic mass is 32.2. The fourth-order valence-electron chi connectivity index (χ4n) is 2.91. The van der Waals surface area contributed by atoms with Gasteiger partial charge in [-0.1, -0.05) is 6.92 Å². The Morgan fingerprint density at radius 3 is 2.60 bits per heavy atom. The number of nitrogens with zero attached hydrogens (tertiary/aromatic N) is 1. The van der Waals surface area contributed by atoms with Crippen molar-refractivity contribution in [3.63, 3.8) is 0 Å². The minimum Gasteiger partial charge on any atom is -0.480 e. The Kier molecular flexibility index (Phi) is 3.60. The lowest BCUT2D eigenvalue weighted by molar-refractivity contribution is -0.141. The predicted octanol–water partition coefficient (Wildman–Crippen LogP) is 2.12. The van der Waals surface area contributed by atoms with Gasteiger partial charge in [-0.2, -0.15) is 0 Å². The number of hydrogen-bond donors (Lipinski definition) is 2. The van der Waals surface area contributed by atoms with Gasteiger partial charge in [0.25, 0.3) is 0 Å². The number of aliphatic carboxylic acids is 1. The Morgan fingerprint density at radius 1 is 1.40 bits per heavy atom. The van der Waals surface area contributed by atoms with Gasteiger partial charge in [-0.15, -0.1) is 11.8 Å². The first-order valence-corrected chi connectivity index (χ1v) is 8.52. The van der Waals surface area contributed by atoms with Gasteiger partial charge in [0.15, 0.2) is 0 Å². The SMILES string of the molecule is CCC1(CNC(=O)N2C(C(=O)O)CSC2C2CC2)CC1. The van der Waals surface area contributed by atoms with Gasteiger partial charge in [-0.25, -0.2) is 9.59 Å². The van der Waals surface area contributed by atoms with E-state index in [0.717, 1.165) is 19.3 Å². The summed E-state index contributed by atoms with van der Waals surface area (Å²) in [6.07, 6.45) is 5.66. The summed E-state index contributed by atoms with van der Waals surface area (Å²) in [6, 6.07) is -0.846. The van der Waals surface area contributed by atoms with Crippen molar-refractivity contribution in [3.8, 4) is 0 Å². The molecule has 2 atom stereocenters. The van der Waals surface area contributed by atoms with Crippen molar-refractivity contribution in [2.45, 2.75) is 50.4 Å². The van der Waals surface area contributed by atoms with E-state index in [2.05, 4.69) is 12.2 Å². The van der Waals surface area contributed by atoms with Crippen LogP contribution in [-0.4, -0.2) is 45.7 Å². The summed E-state index contributed by atoms with van der Waals surface area (Å²) in [6.45, 7) is 2.84. The number of nitrogens with one attached hydrogen (secondary N) is 1. The van der Waals surface area contributed by atoms with Gasteiger partial charge in [-0.3, -0.25) is 4.90 Å². The van der Waals surface area contributed by atoms with E-state index in [1.807, 2.05) is 0 Å². The van der Waals surface area contributed by atoms with Crippen LogP contribution in [0.2, 0.25) is 0 Å². The molecule has 6 heteroatoms. The monoisotopic (exact) mass is 298 g/mol. The molecule has 20 heavy (non-hydrogen) atoms. The third-order valence-electron chi connectivity index (χ3n) is 4.90. The predicted molar refractivity (Wildman–Crippen MR) is 77.6 cm³/mol. The molecular formula is C14H22N2O3S. The fourth-order valence-corrected chi connectivity index (χ4v) is 4.54. The number of thioether (sulfide) groups is 1. The molecule has 2 saturated carbocycles. The standard InChI is InChI=1S/C14H22N2O3S/c1-2-14(5-6-14)8-15-13(19)16-10(12(17)18)7-20-11(16)9-3-4-9/h9-11H,2-8H2,1H3,(H,15,19)(H,17,18). The molecular weight excluding hydrogens is 276 g/mol. The fraction of sp³-hybridized carbons (Fsp3) is 0.857. The van der Waals surface area contributed by atoms with Crippen LogP contribution in [0.4, 0.5) is 4.79 Å². The summed E-state index contributed by atoms with van der Waals surface area (Å²) in [5, 5.41) is 12.4. The number of rotatable bonds is 5. The van der Waals surface area contributed by atoms with Crippen LogP contribution in [0.25, 0.3) is 0 Å². The first-order chi connectivity index (χ1) is 9.56. The summed E-state index contributed by atoms with van der Waals surface area (Å²) in [4.78, 5) is 25.4. The lowest BCUT2D eigenvalue weighted by Crippen LogP contribution is -2.51. The number of amides is 2. The highest BCUT2D eigenvalue weighted by Crippen LogP contribution is 2.48. The lowest BCUT2D eigenvalue weighted by Gasteiger charge is -2.28. The number of carbonyl (C=O) groups is 2. The van der Waals surface area contributed by atoms with Crippen molar-refractivity contribution in [1.82, 2.24) is 10.2 Å². The zero-order chi connectivity index (χ0) is 14.3. The maximum absolute atomic E-state index is 12.4. The second-order valence-corrected chi connectivity index (χ2v) is 7.48. The number of carboxylic acids is 1. The minimum atomic E-state index is -0.882. The largest absolute Gasteiger partial charge is 0.480 e. The third-order valence-corrected chi connectivity index (χ3v) is 6.36. The molecule has 112 valence electrons. The Bertz CT molecular complexity index is 421. The molecule has 2 unspecified atom stereocenters. The van der Waals surface area contributed by atoms with Crippen molar-refractivity contribution >= 4 is 23.8 Å². The van der Waals surface area contributed by atoms with Crippen molar-refractivity contribution in [3.05, 3.63) is 0 Å². The molecule has 2 N–H and O–H groups in total. The smallest absolute Gasteiger partial charge is 0.327 e. The number of carboxylic acid groups (broad SMARTS) is 1. The van der Waals surface area contributed by atoms with Crippen LogP contribution in [0.3, 0.4) is 0 Å². The first kappa shape index (κ1) is 14.0. The first-order valence-electron chi connectivity index (χ1n) is 7.47. The normalized spacial score (nSPS) is 31.1. The van der Waals surface area contributed by atoms with Crippen LogP contribution in [0, 0.1) is 11.3 Å². The van der Waals surface area contributed by atoms with Crippen LogP contribution < -0.4 is 5.32 Å². The zero-order valence-corrected chi connectivity index (χ0v) is 12.6. The number of hydrogen-bond acceptors (Lipinski definition) is 3. The molecule has 0 bridgehead atoms. The molecule has 3 fully saturated rings. The highest BCUT2D eigenvalue weighted by Gasteiger charge is 2.49. The van der Waals surface area contributed by atoms with Crippen LogP contribution in [0.5, 0.6) is 0 Å². The van der Waals surface area contributed by atoms with Crippen LogP contribution in [0.15, 0.2) is 0 Å². The Balaban J connectivity index is 1.64. The molecule has 0 radical (unpaired) electrons. The Hall–Kier alpha value is -0.910. The van der Waals surface area contributed by atoms with Crippen molar-refractivity contribution in [2.75, 3.05) is 12.3 Å². The second kappa shape index (κ2) is 5.13. The van der Waals surface area contributed by atoms with E-state index in [9.17, 15) is 14.7 Å². The molecule has 3 aliphatic rings. The molecule has 1 heterocycles. The average molecular weight is 298 g/mol. The topological polar surface area (TPSA) is 69.6 Å². The van der Waals surface area contributed by atoms with E-state index in [4.69, 9.17) is 0 Å². The summed E-state index contributed by atoms with van der Waals surface area (Å²) in [7, 11) is 0. The zero-order valence-electron chi connectivity index (χ0n) is 11.8. The van der Waals surface area contributed by atoms with E-state index in [1.165, 1.54) is 12.8 Å². The third kappa shape index (κ3) is 2.62. The van der Waals surface area contributed by atoms with Gasteiger partial charge in [0, 0.05) is 12.3 Å². The molecule has 0 aromatic carbocycles. The molecule has 3 rings (SSSR count). The van der Waals surface area contributed by atoms with E-state index >= 15 is 0 Å². The molecule has 1 aliphatic heterocycles. The van der Waals surface area contributed by atoms with Crippen molar-refractivity contribution in [2.24, 2.45) is 11.3 Å². The molecule has 0 spiro atoms. The second-order valence-electron chi connectivity index (χ2n) is 6.33. The van der Waals surface area contributed by atoms with E-state index < -0.39 is 12.0 Å². The molecule has 2 aliphatic carbocycles. The van der Waals surface area contributed by atoms with Crippen molar-refractivity contribution in [1.29, 1.82) is 0 Å². The van der Waals surface area contributed by atoms with Gasteiger partial charge in [0.2, 0.25) is 0 Å². The molecule has 0 aromatic rings. The molecule has 2 amide bonds. The Morgan fingerprint density at radius 2 is 2.10 bits per heavy atom. The minimum absolute atomic E-state index is 0.0629. The number of urea groups is 1.